The molecule has 0 atom stereocenters. The van der Waals surface area contributed by atoms with Crippen molar-refractivity contribution < 1.29 is 9.90 Å². The standard InChI is InChI=1S/C8H12O2.C2H6/c1-4-5-7(6(2)3)8(9)10;1-2/h5H,2,4H2,1,3H3,(H,9,10);1-2H3/b7-5+;. The molecule has 0 aliphatic heterocycles. The molecule has 1 N–H and O–H groups in total. The van der Waals surface area contributed by atoms with Crippen LogP contribution in [0.15, 0.2) is 23.8 Å². The average molecular weight is 170 g/mol. The summed E-state index contributed by atoms with van der Waals surface area (Å²) < 4.78 is 0. The van der Waals surface area contributed by atoms with E-state index in [0.29, 0.717) is 11.1 Å². The molecule has 0 heterocycles. The molecule has 0 unspecified atom stereocenters. The normalized spacial score (nSPS) is 9.83. The van der Waals surface area contributed by atoms with Crippen LogP contribution < -0.4 is 0 Å². The second-order valence-corrected chi connectivity index (χ2v) is 2.11. The van der Waals surface area contributed by atoms with Gasteiger partial charge in [0.2, 0.25) is 0 Å². The van der Waals surface area contributed by atoms with Crippen molar-refractivity contribution in [1.82, 2.24) is 0 Å². The Kier molecular flexibility index (Phi) is 9.08. The summed E-state index contributed by atoms with van der Waals surface area (Å²) in [7, 11) is 0. The van der Waals surface area contributed by atoms with Crippen molar-refractivity contribution in [3.63, 3.8) is 0 Å². The van der Waals surface area contributed by atoms with E-state index in [1.807, 2.05) is 20.8 Å². The van der Waals surface area contributed by atoms with Crippen LogP contribution in [0.1, 0.15) is 34.1 Å². The smallest absolute Gasteiger partial charge is 0.335 e. The van der Waals surface area contributed by atoms with E-state index in [1.54, 1.807) is 13.0 Å². The minimum atomic E-state index is -0.894. The summed E-state index contributed by atoms with van der Waals surface area (Å²) in [6.45, 7) is 11.1. The highest BCUT2D eigenvalue weighted by molar-refractivity contribution is 5.91. The summed E-state index contributed by atoms with van der Waals surface area (Å²) in [6, 6.07) is 0. The van der Waals surface area contributed by atoms with Gasteiger partial charge in [-0.1, -0.05) is 33.4 Å². The minimum absolute atomic E-state index is 0.322. The molecule has 0 aromatic carbocycles. The fourth-order valence-electron chi connectivity index (χ4n) is 0.648. The second-order valence-electron chi connectivity index (χ2n) is 2.11. The van der Waals surface area contributed by atoms with Gasteiger partial charge in [0, 0.05) is 0 Å². The summed E-state index contributed by atoms with van der Waals surface area (Å²) in [6.07, 6.45) is 2.39. The first kappa shape index (κ1) is 13.5. The Hall–Kier alpha value is -1.05. The first-order valence-corrected chi connectivity index (χ1v) is 4.19. The lowest BCUT2D eigenvalue weighted by Gasteiger charge is -1.97. The highest BCUT2D eigenvalue weighted by atomic mass is 16.4. The van der Waals surface area contributed by atoms with Crippen molar-refractivity contribution in [1.29, 1.82) is 0 Å². The molecule has 0 spiro atoms. The van der Waals surface area contributed by atoms with Gasteiger partial charge in [-0.3, -0.25) is 0 Å². The van der Waals surface area contributed by atoms with E-state index in [1.165, 1.54) is 0 Å². The summed E-state index contributed by atoms with van der Waals surface area (Å²) in [5.41, 5.74) is 0.928. The van der Waals surface area contributed by atoms with Crippen LogP contribution in [0.5, 0.6) is 0 Å². The summed E-state index contributed by atoms with van der Waals surface area (Å²) in [4.78, 5) is 10.4. The third-order valence-corrected chi connectivity index (χ3v) is 1.10. The van der Waals surface area contributed by atoms with Gasteiger partial charge < -0.3 is 5.11 Å². The Morgan fingerprint density at radius 3 is 2.00 bits per heavy atom. The predicted molar refractivity (Wildman–Crippen MR) is 52.2 cm³/mol. The van der Waals surface area contributed by atoms with Gasteiger partial charge in [-0.25, -0.2) is 4.79 Å². The lowest BCUT2D eigenvalue weighted by molar-refractivity contribution is -0.132. The highest BCUT2D eigenvalue weighted by Gasteiger charge is 2.05. The molecule has 2 heteroatoms. The molecule has 0 saturated heterocycles. The first-order valence-electron chi connectivity index (χ1n) is 4.19. The van der Waals surface area contributed by atoms with Gasteiger partial charge in [-0.15, -0.1) is 0 Å². The second kappa shape index (κ2) is 8.05. The molecule has 0 fully saturated rings. The molecule has 0 aliphatic rings. The van der Waals surface area contributed by atoms with E-state index in [9.17, 15) is 4.79 Å². The zero-order valence-electron chi connectivity index (χ0n) is 8.35. The molecular formula is C10H18O2. The molecule has 0 radical (unpaired) electrons. The molecule has 2 nitrogen and oxygen atoms in total. The topological polar surface area (TPSA) is 37.3 Å². The molecule has 0 bridgehead atoms. The van der Waals surface area contributed by atoms with Crippen LogP contribution >= 0.6 is 0 Å². The molecule has 0 aromatic rings. The Balaban J connectivity index is 0. The molecule has 0 saturated carbocycles. The zero-order valence-corrected chi connectivity index (χ0v) is 8.35. The van der Waals surface area contributed by atoms with E-state index >= 15 is 0 Å². The number of hydrogen-bond donors (Lipinski definition) is 1. The molecular weight excluding hydrogens is 152 g/mol. The lowest BCUT2D eigenvalue weighted by atomic mass is 10.1. The van der Waals surface area contributed by atoms with Crippen LogP contribution in [0, 0.1) is 0 Å². The summed E-state index contributed by atoms with van der Waals surface area (Å²) in [5.74, 6) is -0.894. The fourth-order valence-corrected chi connectivity index (χ4v) is 0.648. The van der Waals surface area contributed by atoms with Crippen molar-refractivity contribution in [2.45, 2.75) is 34.1 Å². The number of carboxylic acids is 1. The first-order chi connectivity index (χ1) is 5.59. The summed E-state index contributed by atoms with van der Waals surface area (Å²) >= 11 is 0. The predicted octanol–water partition coefficient (Wildman–Crippen LogP) is 3.01. The Bertz CT molecular complexity index is 162. The van der Waals surface area contributed by atoms with E-state index in [-0.39, 0.29) is 0 Å². The van der Waals surface area contributed by atoms with Gasteiger partial charge in [-0.05, 0) is 18.9 Å². The maximum Gasteiger partial charge on any atom is 0.335 e. The van der Waals surface area contributed by atoms with Crippen LogP contribution in [0.2, 0.25) is 0 Å². The van der Waals surface area contributed by atoms with Crippen molar-refractivity contribution >= 4 is 5.97 Å². The quantitative estimate of drug-likeness (QED) is 0.522. The van der Waals surface area contributed by atoms with E-state index in [0.717, 1.165) is 6.42 Å². The van der Waals surface area contributed by atoms with Crippen LogP contribution in [0.4, 0.5) is 0 Å². The fraction of sp³-hybridized carbons (Fsp3) is 0.500. The number of rotatable bonds is 3. The molecule has 0 amide bonds. The maximum absolute atomic E-state index is 10.4. The Morgan fingerprint density at radius 2 is 1.92 bits per heavy atom. The Labute approximate surface area is 74.6 Å². The molecule has 70 valence electrons. The zero-order chi connectivity index (χ0) is 10.1. The van der Waals surface area contributed by atoms with Gasteiger partial charge in [0.05, 0.1) is 5.57 Å². The van der Waals surface area contributed by atoms with Gasteiger partial charge in [-0.2, -0.15) is 0 Å². The summed E-state index contributed by atoms with van der Waals surface area (Å²) in [5, 5.41) is 8.55. The number of carboxylic acid groups (broad SMARTS) is 1. The van der Waals surface area contributed by atoms with Crippen molar-refractivity contribution in [3.05, 3.63) is 23.8 Å². The average Bonchev–Trinajstić information content (AvgIpc) is 2.03. The maximum atomic E-state index is 10.4. The van der Waals surface area contributed by atoms with Crippen LogP contribution in [0.25, 0.3) is 0 Å². The van der Waals surface area contributed by atoms with E-state index in [4.69, 9.17) is 5.11 Å². The van der Waals surface area contributed by atoms with Gasteiger partial charge in [0.25, 0.3) is 0 Å². The SMILES string of the molecule is C=C(C)/C(=C\CC)C(=O)O.CC. The van der Waals surface area contributed by atoms with Gasteiger partial charge in [0.15, 0.2) is 0 Å². The molecule has 0 aromatic heterocycles. The number of hydrogen-bond acceptors (Lipinski definition) is 1. The third kappa shape index (κ3) is 5.71. The number of aliphatic carboxylic acids is 1. The molecule has 0 aliphatic carbocycles. The monoisotopic (exact) mass is 170 g/mol. The van der Waals surface area contributed by atoms with Gasteiger partial charge >= 0.3 is 5.97 Å². The number of carbonyl (C=O) groups is 1. The highest BCUT2D eigenvalue weighted by Crippen LogP contribution is 2.07. The Morgan fingerprint density at radius 1 is 1.50 bits per heavy atom. The van der Waals surface area contributed by atoms with Crippen LogP contribution in [-0.2, 0) is 4.79 Å². The van der Waals surface area contributed by atoms with Crippen LogP contribution in [0.3, 0.4) is 0 Å². The van der Waals surface area contributed by atoms with Crippen LogP contribution in [-0.4, -0.2) is 11.1 Å². The number of allylic oxidation sites excluding steroid dienone is 1. The van der Waals surface area contributed by atoms with Crippen molar-refractivity contribution in [2.24, 2.45) is 0 Å². The van der Waals surface area contributed by atoms with Crippen molar-refractivity contribution in [2.75, 3.05) is 0 Å². The largest absolute Gasteiger partial charge is 0.478 e. The third-order valence-electron chi connectivity index (χ3n) is 1.10. The van der Waals surface area contributed by atoms with Gasteiger partial charge in [0.1, 0.15) is 0 Å². The van der Waals surface area contributed by atoms with E-state index in [2.05, 4.69) is 6.58 Å². The molecule has 12 heavy (non-hydrogen) atoms. The lowest BCUT2D eigenvalue weighted by Crippen LogP contribution is -2.00. The van der Waals surface area contributed by atoms with E-state index < -0.39 is 5.97 Å². The van der Waals surface area contributed by atoms with Crippen molar-refractivity contribution in [3.8, 4) is 0 Å². The molecule has 0 rings (SSSR count). The minimum Gasteiger partial charge on any atom is -0.478 e.